The molecule has 1 aromatic heterocycles. The molecule has 0 saturated carbocycles. The average molecular weight is 291 g/mol. The Kier molecular flexibility index (Phi) is 4.13. The maximum atomic E-state index is 5.38. The average Bonchev–Trinajstić information content (AvgIpc) is 2.62. The fourth-order valence-corrected chi connectivity index (χ4v) is 3.62. The zero-order valence-corrected chi connectivity index (χ0v) is 11.2. The van der Waals surface area contributed by atoms with E-state index in [4.69, 9.17) is 4.74 Å². The number of hydrogen-bond donors (Lipinski definition) is 1. The molecule has 0 atom stereocenters. The van der Waals surface area contributed by atoms with Crippen molar-refractivity contribution in [2.24, 2.45) is 0 Å². The summed E-state index contributed by atoms with van der Waals surface area (Å²) in [5.41, 5.74) is 1.20. The number of nitrogens with zero attached hydrogens (tertiary/aromatic N) is 1. The lowest BCUT2D eigenvalue weighted by molar-refractivity contribution is 0.0858. The molecule has 0 radical (unpaired) electrons. The molecule has 5 heteroatoms. The second-order valence-electron chi connectivity index (χ2n) is 3.69. The topological polar surface area (TPSA) is 34.2 Å². The highest BCUT2D eigenvalue weighted by molar-refractivity contribution is 9.11. The van der Waals surface area contributed by atoms with E-state index in [1.165, 1.54) is 10.6 Å². The van der Waals surface area contributed by atoms with Crippen LogP contribution >= 0.6 is 27.3 Å². The molecule has 1 aliphatic heterocycles. The zero-order chi connectivity index (χ0) is 10.7. The molecule has 0 aliphatic carbocycles. The second-order valence-corrected chi connectivity index (χ2v) is 6.00. The molecular weight excluding hydrogens is 276 g/mol. The summed E-state index contributed by atoms with van der Waals surface area (Å²) in [4.78, 5) is 5.94. The van der Waals surface area contributed by atoms with Gasteiger partial charge in [-0.25, -0.2) is 4.98 Å². The third-order valence-electron chi connectivity index (χ3n) is 2.64. The van der Waals surface area contributed by atoms with Gasteiger partial charge < -0.3 is 10.1 Å². The Morgan fingerprint density at radius 1 is 1.53 bits per heavy atom. The molecule has 84 valence electrons. The standard InChI is InChI=1S/C10H15BrN2OS/c1-12-6-8-9(15-10(11)13-8)7-2-4-14-5-3-7/h7,12H,2-6H2,1H3. The minimum absolute atomic E-state index is 0.644. The van der Waals surface area contributed by atoms with Crippen LogP contribution in [0.3, 0.4) is 0 Å². The van der Waals surface area contributed by atoms with Crippen LogP contribution in [0.25, 0.3) is 0 Å². The number of hydrogen-bond acceptors (Lipinski definition) is 4. The monoisotopic (exact) mass is 290 g/mol. The molecule has 2 rings (SSSR count). The summed E-state index contributed by atoms with van der Waals surface area (Å²) in [5.74, 6) is 0.644. The smallest absolute Gasteiger partial charge is 0.159 e. The first kappa shape index (κ1) is 11.5. The van der Waals surface area contributed by atoms with E-state index in [1.807, 2.05) is 7.05 Å². The highest BCUT2D eigenvalue weighted by Crippen LogP contribution is 2.35. The minimum Gasteiger partial charge on any atom is -0.381 e. The van der Waals surface area contributed by atoms with Gasteiger partial charge in [-0.1, -0.05) is 0 Å². The predicted octanol–water partition coefficient (Wildman–Crippen LogP) is 2.52. The van der Waals surface area contributed by atoms with Gasteiger partial charge in [0.25, 0.3) is 0 Å². The molecule has 1 N–H and O–H groups in total. The fraction of sp³-hybridized carbons (Fsp3) is 0.700. The Labute approximate surface area is 102 Å². The summed E-state index contributed by atoms with van der Waals surface area (Å²) in [6.07, 6.45) is 2.26. The number of halogens is 1. The molecule has 1 aliphatic rings. The lowest BCUT2D eigenvalue weighted by Crippen LogP contribution is -2.16. The molecule has 0 spiro atoms. The van der Waals surface area contributed by atoms with Crippen molar-refractivity contribution in [3.8, 4) is 0 Å². The van der Waals surface area contributed by atoms with Crippen LogP contribution in [-0.2, 0) is 11.3 Å². The number of rotatable bonds is 3. The maximum absolute atomic E-state index is 5.38. The summed E-state index contributed by atoms with van der Waals surface area (Å²) in [6.45, 7) is 2.63. The summed E-state index contributed by atoms with van der Waals surface area (Å²) < 4.78 is 6.38. The van der Waals surface area contributed by atoms with Gasteiger partial charge in [0.2, 0.25) is 0 Å². The van der Waals surface area contributed by atoms with Crippen LogP contribution in [0.5, 0.6) is 0 Å². The molecule has 3 nitrogen and oxygen atoms in total. The lowest BCUT2D eigenvalue weighted by atomic mass is 9.97. The molecule has 1 fully saturated rings. The van der Waals surface area contributed by atoms with Crippen molar-refractivity contribution < 1.29 is 4.74 Å². The van der Waals surface area contributed by atoms with Crippen molar-refractivity contribution >= 4 is 27.3 Å². The van der Waals surface area contributed by atoms with Gasteiger partial charge in [-0.3, -0.25) is 0 Å². The predicted molar refractivity (Wildman–Crippen MR) is 65.4 cm³/mol. The van der Waals surface area contributed by atoms with E-state index in [2.05, 4.69) is 26.2 Å². The number of ether oxygens (including phenoxy) is 1. The molecular formula is C10H15BrN2OS. The van der Waals surface area contributed by atoms with E-state index in [0.29, 0.717) is 5.92 Å². The Morgan fingerprint density at radius 3 is 2.93 bits per heavy atom. The largest absolute Gasteiger partial charge is 0.381 e. The van der Waals surface area contributed by atoms with Crippen LogP contribution in [0.2, 0.25) is 0 Å². The fourth-order valence-electron chi connectivity index (χ4n) is 1.91. The Hall–Kier alpha value is 0.0300. The Bertz CT molecular complexity index is 323. The second kappa shape index (κ2) is 5.39. The summed E-state index contributed by atoms with van der Waals surface area (Å²) >= 11 is 5.24. The zero-order valence-electron chi connectivity index (χ0n) is 8.75. The summed E-state index contributed by atoms with van der Waals surface area (Å²) in [6, 6.07) is 0. The highest BCUT2D eigenvalue weighted by Gasteiger charge is 2.21. The number of nitrogens with one attached hydrogen (secondary N) is 1. The van der Waals surface area contributed by atoms with E-state index < -0.39 is 0 Å². The first-order chi connectivity index (χ1) is 7.31. The minimum atomic E-state index is 0.644. The van der Waals surface area contributed by atoms with Crippen molar-refractivity contribution in [3.63, 3.8) is 0 Å². The third-order valence-corrected chi connectivity index (χ3v) is 4.35. The van der Waals surface area contributed by atoms with Crippen molar-refractivity contribution in [3.05, 3.63) is 14.5 Å². The third kappa shape index (κ3) is 2.78. The lowest BCUT2D eigenvalue weighted by Gasteiger charge is -2.21. The highest BCUT2D eigenvalue weighted by atomic mass is 79.9. The van der Waals surface area contributed by atoms with Gasteiger partial charge in [-0.15, -0.1) is 11.3 Å². The van der Waals surface area contributed by atoms with Crippen LogP contribution in [0.4, 0.5) is 0 Å². The van der Waals surface area contributed by atoms with E-state index in [-0.39, 0.29) is 0 Å². The SMILES string of the molecule is CNCc1nc(Br)sc1C1CCOCC1. The van der Waals surface area contributed by atoms with Gasteiger partial charge in [0.05, 0.1) is 5.69 Å². The first-order valence-corrected chi connectivity index (χ1v) is 6.79. The van der Waals surface area contributed by atoms with Crippen molar-refractivity contribution in [2.45, 2.75) is 25.3 Å². The van der Waals surface area contributed by atoms with Gasteiger partial charge in [0, 0.05) is 24.6 Å². The maximum Gasteiger partial charge on any atom is 0.159 e. The molecule has 15 heavy (non-hydrogen) atoms. The normalized spacial score (nSPS) is 18.3. The van der Waals surface area contributed by atoms with E-state index in [0.717, 1.165) is 36.5 Å². The summed E-state index contributed by atoms with van der Waals surface area (Å²) in [5, 5.41) is 3.17. The Balaban J connectivity index is 2.17. The van der Waals surface area contributed by atoms with E-state index in [1.54, 1.807) is 11.3 Å². The molecule has 0 bridgehead atoms. The van der Waals surface area contributed by atoms with Gasteiger partial charge in [-0.05, 0) is 41.7 Å². The van der Waals surface area contributed by atoms with Crippen LogP contribution < -0.4 is 5.32 Å². The Morgan fingerprint density at radius 2 is 2.27 bits per heavy atom. The molecule has 1 saturated heterocycles. The van der Waals surface area contributed by atoms with Gasteiger partial charge in [-0.2, -0.15) is 0 Å². The van der Waals surface area contributed by atoms with Crippen molar-refractivity contribution in [1.29, 1.82) is 0 Å². The van der Waals surface area contributed by atoms with Crippen molar-refractivity contribution in [1.82, 2.24) is 10.3 Å². The molecule has 0 unspecified atom stereocenters. The van der Waals surface area contributed by atoms with Crippen LogP contribution in [0, 0.1) is 0 Å². The number of thiazole rings is 1. The van der Waals surface area contributed by atoms with Crippen molar-refractivity contribution in [2.75, 3.05) is 20.3 Å². The van der Waals surface area contributed by atoms with Crippen LogP contribution in [0.1, 0.15) is 29.3 Å². The summed E-state index contributed by atoms with van der Waals surface area (Å²) in [7, 11) is 1.96. The van der Waals surface area contributed by atoms with E-state index >= 15 is 0 Å². The van der Waals surface area contributed by atoms with Gasteiger partial charge in [0.1, 0.15) is 0 Å². The van der Waals surface area contributed by atoms with Crippen LogP contribution in [-0.4, -0.2) is 25.2 Å². The molecule has 0 aromatic carbocycles. The van der Waals surface area contributed by atoms with Gasteiger partial charge >= 0.3 is 0 Å². The number of aromatic nitrogens is 1. The van der Waals surface area contributed by atoms with Gasteiger partial charge in [0.15, 0.2) is 3.92 Å². The molecule has 2 heterocycles. The molecule has 1 aromatic rings. The molecule has 0 amide bonds. The quantitative estimate of drug-likeness (QED) is 0.929. The van der Waals surface area contributed by atoms with E-state index in [9.17, 15) is 0 Å². The first-order valence-electron chi connectivity index (χ1n) is 5.18. The van der Waals surface area contributed by atoms with Crippen LogP contribution in [0.15, 0.2) is 3.92 Å².